The fourth-order valence-corrected chi connectivity index (χ4v) is 2.46. The lowest BCUT2D eigenvalue weighted by molar-refractivity contribution is 0.239. The summed E-state index contributed by atoms with van der Waals surface area (Å²) in [5, 5.41) is 3.63. The van der Waals surface area contributed by atoms with Gasteiger partial charge in [0.2, 0.25) is 0 Å². The normalized spacial score (nSPS) is 36.8. The Balaban J connectivity index is 2.24. The highest BCUT2D eigenvalue weighted by molar-refractivity contribution is 4.79. The third kappa shape index (κ3) is 3.14. The van der Waals surface area contributed by atoms with E-state index in [0.29, 0.717) is 0 Å². The summed E-state index contributed by atoms with van der Waals surface area (Å²) < 4.78 is 0. The first kappa shape index (κ1) is 10.0. The van der Waals surface area contributed by atoms with Gasteiger partial charge in [0.1, 0.15) is 0 Å². The predicted molar refractivity (Wildman–Crippen MR) is 54.3 cm³/mol. The molecule has 0 saturated heterocycles. The molecule has 1 nitrogen and oxygen atoms in total. The Morgan fingerprint density at radius 1 is 1.08 bits per heavy atom. The molecule has 0 unspecified atom stereocenters. The summed E-state index contributed by atoms with van der Waals surface area (Å²) in [6.45, 7) is 8.21. The van der Waals surface area contributed by atoms with E-state index in [-0.39, 0.29) is 0 Å². The van der Waals surface area contributed by atoms with Gasteiger partial charge in [-0.1, -0.05) is 20.8 Å². The smallest absolute Gasteiger partial charge is 0.00721 e. The highest BCUT2D eigenvalue weighted by atomic mass is 14.9. The van der Waals surface area contributed by atoms with E-state index < -0.39 is 0 Å². The number of hydrogen-bond donors (Lipinski definition) is 1. The SMILES string of the molecule is CCCNC1C[C@H](C)C[C@@H](C)C1. The van der Waals surface area contributed by atoms with Crippen LogP contribution in [0.5, 0.6) is 0 Å². The first-order valence-electron chi connectivity index (χ1n) is 5.45. The quantitative estimate of drug-likeness (QED) is 0.685. The van der Waals surface area contributed by atoms with E-state index in [9.17, 15) is 0 Å². The summed E-state index contributed by atoms with van der Waals surface area (Å²) in [6.07, 6.45) is 5.48. The van der Waals surface area contributed by atoms with Gasteiger partial charge in [0, 0.05) is 6.04 Å². The van der Waals surface area contributed by atoms with Crippen molar-refractivity contribution in [1.29, 1.82) is 0 Å². The van der Waals surface area contributed by atoms with E-state index >= 15 is 0 Å². The molecule has 0 heterocycles. The molecule has 12 heavy (non-hydrogen) atoms. The van der Waals surface area contributed by atoms with Gasteiger partial charge >= 0.3 is 0 Å². The van der Waals surface area contributed by atoms with E-state index in [4.69, 9.17) is 0 Å². The monoisotopic (exact) mass is 169 g/mol. The standard InChI is InChI=1S/C11H23N/c1-4-5-12-11-7-9(2)6-10(3)8-11/h9-12H,4-8H2,1-3H3/t9-,10-/m1/s1. The van der Waals surface area contributed by atoms with Crippen molar-refractivity contribution >= 4 is 0 Å². The van der Waals surface area contributed by atoms with Gasteiger partial charge < -0.3 is 5.32 Å². The van der Waals surface area contributed by atoms with Gasteiger partial charge in [0.25, 0.3) is 0 Å². The molecule has 1 aliphatic carbocycles. The Kier molecular flexibility index (Phi) is 4.07. The Hall–Kier alpha value is -0.0400. The van der Waals surface area contributed by atoms with Crippen LogP contribution in [0.15, 0.2) is 0 Å². The first-order chi connectivity index (χ1) is 5.72. The van der Waals surface area contributed by atoms with Gasteiger partial charge in [0.05, 0.1) is 0 Å². The average molecular weight is 169 g/mol. The van der Waals surface area contributed by atoms with Crippen LogP contribution >= 0.6 is 0 Å². The van der Waals surface area contributed by atoms with E-state index in [2.05, 4.69) is 26.1 Å². The second-order valence-corrected chi connectivity index (χ2v) is 4.57. The second-order valence-electron chi connectivity index (χ2n) is 4.57. The molecule has 1 N–H and O–H groups in total. The van der Waals surface area contributed by atoms with E-state index in [0.717, 1.165) is 17.9 Å². The number of hydrogen-bond acceptors (Lipinski definition) is 1. The maximum atomic E-state index is 3.63. The minimum absolute atomic E-state index is 0.809. The first-order valence-corrected chi connectivity index (χ1v) is 5.45. The van der Waals surface area contributed by atoms with Crippen molar-refractivity contribution in [3.63, 3.8) is 0 Å². The molecule has 0 aromatic rings. The second kappa shape index (κ2) is 4.86. The Bertz CT molecular complexity index is 112. The van der Waals surface area contributed by atoms with Crippen LogP contribution in [0.2, 0.25) is 0 Å². The molecule has 2 atom stereocenters. The van der Waals surface area contributed by atoms with Crippen LogP contribution in [0.3, 0.4) is 0 Å². The van der Waals surface area contributed by atoms with Crippen LogP contribution < -0.4 is 5.32 Å². The molecular weight excluding hydrogens is 146 g/mol. The Morgan fingerprint density at radius 2 is 1.67 bits per heavy atom. The maximum Gasteiger partial charge on any atom is 0.00721 e. The molecule has 0 bridgehead atoms. The summed E-state index contributed by atoms with van der Waals surface area (Å²) in [4.78, 5) is 0. The molecule has 0 amide bonds. The Labute approximate surface area is 76.9 Å². The van der Waals surface area contributed by atoms with E-state index in [1.165, 1.54) is 32.2 Å². The van der Waals surface area contributed by atoms with Gasteiger partial charge in [-0.15, -0.1) is 0 Å². The lowest BCUT2D eigenvalue weighted by Crippen LogP contribution is -2.36. The minimum Gasteiger partial charge on any atom is -0.314 e. The largest absolute Gasteiger partial charge is 0.314 e. The van der Waals surface area contributed by atoms with E-state index in [1.54, 1.807) is 0 Å². The zero-order valence-electron chi connectivity index (χ0n) is 8.77. The summed E-state index contributed by atoms with van der Waals surface area (Å²) in [5.74, 6) is 1.87. The topological polar surface area (TPSA) is 12.0 Å². The van der Waals surface area contributed by atoms with Crippen molar-refractivity contribution in [2.45, 2.75) is 52.5 Å². The van der Waals surface area contributed by atoms with Crippen molar-refractivity contribution in [3.8, 4) is 0 Å². The molecule has 1 rings (SSSR count). The molecule has 0 aliphatic heterocycles. The van der Waals surface area contributed by atoms with Crippen molar-refractivity contribution < 1.29 is 0 Å². The number of rotatable bonds is 3. The van der Waals surface area contributed by atoms with E-state index in [1.807, 2.05) is 0 Å². The van der Waals surface area contributed by atoms with Gasteiger partial charge in [-0.3, -0.25) is 0 Å². The molecule has 0 spiro atoms. The molecule has 1 heteroatoms. The molecule has 1 fully saturated rings. The van der Waals surface area contributed by atoms with Crippen molar-refractivity contribution in [1.82, 2.24) is 5.32 Å². The van der Waals surface area contributed by atoms with Crippen LogP contribution in [-0.2, 0) is 0 Å². The van der Waals surface area contributed by atoms with Crippen LogP contribution in [0.25, 0.3) is 0 Å². The van der Waals surface area contributed by atoms with Crippen molar-refractivity contribution in [2.75, 3.05) is 6.54 Å². The number of nitrogens with one attached hydrogen (secondary N) is 1. The summed E-state index contributed by atoms with van der Waals surface area (Å²) in [7, 11) is 0. The van der Waals surface area contributed by atoms with Crippen molar-refractivity contribution in [3.05, 3.63) is 0 Å². The van der Waals surface area contributed by atoms with Crippen LogP contribution in [0, 0.1) is 11.8 Å². The van der Waals surface area contributed by atoms with Crippen LogP contribution in [0.1, 0.15) is 46.5 Å². The molecule has 0 radical (unpaired) electrons. The highest BCUT2D eigenvalue weighted by Crippen LogP contribution is 2.28. The van der Waals surface area contributed by atoms with Gasteiger partial charge in [0.15, 0.2) is 0 Å². The maximum absolute atomic E-state index is 3.63. The lowest BCUT2D eigenvalue weighted by atomic mass is 9.80. The fraction of sp³-hybridized carbons (Fsp3) is 1.00. The summed E-state index contributed by atoms with van der Waals surface area (Å²) in [6, 6.07) is 0.809. The zero-order chi connectivity index (χ0) is 8.97. The van der Waals surface area contributed by atoms with Gasteiger partial charge in [-0.05, 0) is 44.1 Å². The molecule has 72 valence electrons. The summed E-state index contributed by atoms with van der Waals surface area (Å²) in [5.41, 5.74) is 0. The third-order valence-electron chi connectivity index (χ3n) is 2.86. The van der Waals surface area contributed by atoms with Gasteiger partial charge in [-0.2, -0.15) is 0 Å². The molecular formula is C11H23N. The average Bonchev–Trinajstić information content (AvgIpc) is 1.99. The zero-order valence-corrected chi connectivity index (χ0v) is 8.77. The molecule has 0 aromatic heterocycles. The molecule has 0 aromatic carbocycles. The predicted octanol–water partition coefficient (Wildman–Crippen LogP) is 2.81. The van der Waals surface area contributed by atoms with Gasteiger partial charge in [-0.25, -0.2) is 0 Å². The van der Waals surface area contributed by atoms with Crippen LogP contribution in [-0.4, -0.2) is 12.6 Å². The highest BCUT2D eigenvalue weighted by Gasteiger charge is 2.22. The lowest BCUT2D eigenvalue weighted by Gasteiger charge is -2.32. The molecule has 1 aliphatic rings. The van der Waals surface area contributed by atoms with Crippen molar-refractivity contribution in [2.24, 2.45) is 11.8 Å². The van der Waals surface area contributed by atoms with Crippen LogP contribution in [0.4, 0.5) is 0 Å². The third-order valence-corrected chi connectivity index (χ3v) is 2.86. The minimum atomic E-state index is 0.809. The Morgan fingerprint density at radius 3 is 2.17 bits per heavy atom. The summed E-state index contributed by atoms with van der Waals surface area (Å²) >= 11 is 0. The fourth-order valence-electron chi connectivity index (χ4n) is 2.46. The molecule has 1 saturated carbocycles.